The van der Waals surface area contributed by atoms with Gasteiger partial charge in [-0.2, -0.15) is 28.6 Å². The van der Waals surface area contributed by atoms with Crippen molar-refractivity contribution in [1.82, 2.24) is 69.9 Å². The van der Waals surface area contributed by atoms with Crippen LogP contribution < -0.4 is 16.4 Å². The summed E-state index contributed by atoms with van der Waals surface area (Å²) in [5.41, 5.74) is 19.5. The van der Waals surface area contributed by atoms with E-state index in [2.05, 4.69) is 159 Å². The molecule has 0 saturated carbocycles. The second-order valence-electron chi connectivity index (χ2n) is 35.2. The number of likely N-dealkylation sites (N-methyl/N-ethyl adjacent to an activating group) is 2. The number of piperidine rings is 3. The van der Waals surface area contributed by atoms with Crippen LogP contribution in [0.25, 0.3) is 38.3 Å². The van der Waals surface area contributed by atoms with E-state index in [0.29, 0.717) is 68.4 Å². The van der Waals surface area contributed by atoms with E-state index in [1.807, 2.05) is 69.7 Å². The molecule has 4 aromatic heterocycles. The lowest BCUT2D eigenvalue weighted by Gasteiger charge is -2.49. The van der Waals surface area contributed by atoms with Crippen molar-refractivity contribution in [2.75, 3.05) is 103 Å². The number of amides is 5. The lowest BCUT2D eigenvalue weighted by atomic mass is 9.72. The molecule has 0 bridgehead atoms. The number of aromatic amines is 3. The lowest BCUT2D eigenvalue weighted by molar-refractivity contribution is -0.322. The number of fused-ring (bicyclic) bond motifs is 11. The zero-order valence-electron chi connectivity index (χ0n) is 71.6. The number of hydrogen-bond donors (Lipinski definition) is 9. The quantitative estimate of drug-likeness (QED) is 0.0457. The Balaban J connectivity index is 0.000000157. The number of urea groups is 1. The molecule has 5 amide bonds. The van der Waals surface area contributed by atoms with E-state index < -0.39 is 61.7 Å². The van der Waals surface area contributed by atoms with Gasteiger partial charge in [-0.1, -0.05) is 84.0 Å². The molecule has 4 aliphatic carbocycles. The van der Waals surface area contributed by atoms with E-state index in [4.69, 9.17) is 19.6 Å². The number of thioether (sulfide) groups is 1. The first-order valence-corrected chi connectivity index (χ1v) is 48.4. The molecule has 120 heavy (non-hydrogen) atoms. The SMILES string of the molecule is CC(C)C[C@H]1C(=O)N2CCC[C@H]2[C@]2(O)O[C@](NC(=O)C3C=C4c5cccc6[nH]c(Br)c(c56)C[C@H]4N(C)C3)(C(C)C)C(=O)N12.CCCN1CCC[C@@H]2Cc3nc(N)ncc3C[C@H]21.CCCN1C[C@H](CSC)C[C@@H]2c3cccc4[nH]cc(c34)C[C@H]21.CCN(CC)C(=O)N[C@H]1C[C@@H]2c3cccc4[nH]cc(c34)C[C@H]2N(C)C1.CS(=O)(=O)O.CS(=O)(=O)O.Cl.Cl. The van der Waals surface area contributed by atoms with Crippen molar-refractivity contribution in [1.29, 1.82) is 0 Å². The molecular formula is C87H126BrCl2N15O12S3. The molecule has 7 aliphatic heterocycles. The fraction of sp³-hybridized carbons (Fsp3) is 0.609. The van der Waals surface area contributed by atoms with Crippen LogP contribution in [0.4, 0.5) is 10.7 Å². The number of aliphatic hydroxyl groups is 1. The molecule has 33 heteroatoms. The first kappa shape index (κ1) is 94.3. The molecule has 14 atom stereocenters. The Bertz CT molecular complexity index is 5040. The number of rotatable bonds is 14. The van der Waals surface area contributed by atoms with Gasteiger partial charge in [0.1, 0.15) is 12.1 Å². The van der Waals surface area contributed by atoms with Gasteiger partial charge in [0.05, 0.1) is 23.0 Å². The minimum Gasteiger partial charge on any atom is -0.368 e. The Morgan fingerprint density at radius 3 is 1.98 bits per heavy atom. The van der Waals surface area contributed by atoms with Gasteiger partial charge in [0.2, 0.25) is 23.5 Å². The molecule has 0 radical (unpaired) electrons. The minimum absolute atomic E-state index is 0. The maximum Gasteiger partial charge on any atom is 0.317 e. The predicted molar refractivity (Wildman–Crippen MR) is 484 cm³/mol. The highest BCUT2D eigenvalue weighted by atomic mass is 79.9. The van der Waals surface area contributed by atoms with Crippen molar-refractivity contribution in [3.8, 4) is 0 Å². The number of benzene rings is 3. The maximum absolute atomic E-state index is 14.4. The van der Waals surface area contributed by atoms with E-state index in [-0.39, 0.29) is 60.7 Å². The van der Waals surface area contributed by atoms with E-state index in [1.165, 1.54) is 136 Å². The Labute approximate surface area is 732 Å². The monoisotopic (exact) mass is 1820 g/mol. The molecule has 11 heterocycles. The Kier molecular flexibility index (Phi) is 30.6. The molecule has 1 unspecified atom stereocenters. The van der Waals surface area contributed by atoms with Crippen molar-refractivity contribution in [3.05, 3.63) is 129 Å². The summed E-state index contributed by atoms with van der Waals surface area (Å²) in [5.74, 6) is 0.537. The lowest BCUT2D eigenvalue weighted by Crippen LogP contribution is -2.71. The van der Waals surface area contributed by atoms with Crippen molar-refractivity contribution in [2.24, 2.45) is 29.6 Å². The average molecular weight is 1820 g/mol. The van der Waals surface area contributed by atoms with E-state index in [0.717, 1.165) is 97.2 Å². The van der Waals surface area contributed by atoms with Gasteiger partial charge in [-0.3, -0.25) is 47.8 Å². The van der Waals surface area contributed by atoms with Crippen molar-refractivity contribution in [3.63, 3.8) is 0 Å². The third-order valence-electron chi connectivity index (χ3n) is 26.3. The first-order chi connectivity index (χ1) is 56.1. The summed E-state index contributed by atoms with van der Waals surface area (Å²) in [7, 11) is -3.11. The van der Waals surface area contributed by atoms with Crippen LogP contribution in [0.15, 0.2) is 83.9 Å². The fourth-order valence-corrected chi connectivity index (χ4v) is 22.6. The summed E-state index contributed by atoms with van der Waals surface area (Å²) < 4.78 is 59.2. The number of carbonyl (C=O) groups excluding carboxylic acids is 4. The van der Waals surface area contributed by atoms with Crippen LogP contribution in [0.5, 0.6) is 0 Å². The summed E-state index contributed by atoms with van der Waals surface area (Å²) in [6.45, 7) is 24.7. The molecule has 6 saturated heterocycles. The average Bonchev–Trinajstić information content (AvgIpc) is 1.53. The second kappa shape index (κ2) is 39.0. The van der Waals surface area contributed by atoms with E-state index in [9.17, 15) is 41.1 Å². The number of nitrogens with one attached hydrogen (secondary N) is 5. The number of carbonyl (C=O) groups is 4. The summed E-state index contributed by atoms with van der Waals surface area (Å²) in [4.78, 5) is 88.5. The van der Waals surface area contributed by atoms with Crippen molar-refractivity contribution >= 4 is 141 Å². The highest BCUT2D eigenvalue weighted by Gasteiger charge is 2.72. The van der Waals surface area contributed by atoms with Gasteiger partial charge in [-0.15, -0.1) is 24.8 Å². The molecule has 18 rings (SSSR count). The number of nitrogen functional groups attached to an aromatic ring is 1. The first-order valence-electron chi connectivity index (χ1n) is 42.5. The van der Waals surface area contributed by atoms with E-state index >= 15 is 0 Å². The van der Waals surface area contributed by atoms with Crippen molar-refractivity contribution in [2.45, 2.75) is 211 Å². The van der Waals surface area contributed by atoms with Gasteiger partial charge in [0.15, 0.2) is 0 Å². The number of nitrogens with two attached hydrogens (primary N) is 1. The highest BCUT2D eigenvalue weighted by Crippen LogP contribution is 2.51. The molecule has 0 spiro atoms. The number of piperazine rings is 1. The molecule has 3 aromatic carbocycles. The zero-order chi connectivity index (χ0) is 84.8. The van der Waals surface area contributed by atoms with Crippen LogP contribution in [0.2, 0.25) is 0 Å². The number of anilines is 1. The Morgan fingerprint density at radius 2 is 1.36 bits per heavy atom. The number of likely N-dealkylation sites (tertiary alicyclic amines) is 3. The third kappa shape index (κ3) is 19.8. The number of nitrogens with zero attached hydrogens (tertiary/aromatic N) is 9. The number of H-pyrrole nitrogens is 3. The van der Waals surface area contributed by atoms with Crippen LogP contribution in [-0.2, 0) is 71.5 Å². The second-order valence-corrected chi connectivity index (χ2v) is 39.9. The fourth-order valence-electron chi connectivity index (χ4n) is 21.4. The summed E-state index contributed by atoms with van der Waals surface area (Å²) >= 11 is 5.71. The number of halogens is 3. The number of aromatic nitrogens is 5. The van der Waals surface area contributed by atoms with Crippen LogP contribution in [-0.4, -0.2) is 265 Å². The number of hydrogen-bond acceptors (Lipinski definition) is 18. The number of ether oxygens (including phenoxy) is 1. The molecule has 6 fully saturated rings. The summed E-state index contributed by atoms with van der Waals surface area (Å²) in [5, 5.41) is 22.5. The molecule has 10 N–H and O–H groups in total. The van der Waals surface area contributed by atoms with Crippen LogP contribution in [0.3, 0.4) is 0 Å². The van der Waals surface area contributed by atoms with Crippen molar-refractivity contribution < 1.29 is 55.0 Å². The minimum atomic E-state index is -3.67. The van der Waals surface area contributed by atoms with Gasteiger partial charge in [0.25, 0.3) is 32.1 Å². The molecular weight excluding hydrogens is 1690 g/mol. The highest BCUT2D eigenvalue weighted by molar-refractivity contribution is 9.10. The normalized spacial score (nSPS) is 27.7. The van der Waals surface area contributed by atoms with Crippen LogP contribution >= 0.6 is 52.5 Å². The van der Waals surface area contributed by atoms with Gasteiger partial charge in [-0.05, 0) is 246 Å². The van der Waals surface area contributed by atoms with Gasteiger partial charge >= 0.3 is 6.03 Å². The smallest absolute Gasteiger partial charge is 0.317 e. The maximum atomic E-state index is 14.4. The molecule has 11 aliphatic rings. The Hall–Kier alpha value is -6.43. The topological polar surface area (TPSA) is 352 Å². The summed E-state index contributed by atoms with van der Waals surface area (Å²) in [6, 6.07) is 20.4. The van der Waals surface area contributed by atoms with Crippen LogP contribution in [0, 0.1) is 29.6 Å². The van der Waals surface area contributed by atoms with Gasteiger partial charge < -0.3 is 51.1 Å². The molecule has 660 valence electrons. The van der Waals surface area contributed by atoms with Crippen LogP contribution in [0.1, 0.15) is 170 Å². The van der Waals surface area contributed by atoms with Gasteiger partial charge in [-0.25, -0.2) is 14.8 Å². The predicted octanol–water partition coefficient (Wildman–Crippen LogP) is 11.9. The summed E-state index contributed by atoms with van der Waals surface area (Å²) in [6.07, 6.45) is 26.6. The molecule has 27 nitrogen and oxygen atoms in total. The van der Waals surface area contributed by atoms with Gasteiger partial charge in [0, 0.05) is 144 Å². The third-order valence-corrected chi connectivity index (χ3v) is 27.8. The molecule has 7 aromatic rings. The largest absolute Gasteiger partial charge is 0.368 e. The van der Waals surface area contributed by atoms with E-state index in [1.54, 1.807) is 24.3 Å². The Morgan fingerprint density at radius 1 is 0.758 bits per heavy atom. The standard InChI is InChI=1S/C32H40BrN5O5.C20H28N4O.C19H26N2S.C14H22N4.2CH4O3S.2ClH/c1-16(2)12-24-29(40)37-11-7-10-25(37)32(42)38(24)30(41)31(43-32,17(3)4)35-28(39)18-13-20-19-8-6-9-22-26(19)21(27(33)34-22)14-23(20)36(5)15-18;1-4-24(5-2)20(25)22-14-10-16-15-7-6-8-17-19(15)13(11-21-17)9-18(16)23(3)12-14;1-3-7-21-11-13(12-22-2)8-16-15-5-4-6-17-19(15)14(10-20-17)9-18(16)21;1-2-5-18-6-3-4-10-7-12-11(8-13(10)18)9-16-14(15)17-12;2*1-5(2,3)4;;/h6,8-9,13,16-18,23-25,34,42H,7,10-12,14-15H2,1-5H3,(H,35,39);6-8,11,14,16,18,21H,4-5,9-10,12H2,1-3H3,(H,22,25);4-6,10,13,16,18,20H,3,7-9,11-12H2,1-2H3;9-10,13H,2-8H2,1H3,(H2,15,16,17);2*1H3,(H,2,3,4);2*1H/t18?,23-,24+,25+,31-,32+;14-,16+,18+;13-,16-,18-;10-,13-;;;;/m1011..../s1. The zero-order valence-corrected chi connectivity index (χ0v) is 77.3.